The number of para-hydroxylation sites is 2. The van der Waals surface area contributed by atoms with Crippen LogP contribution in [0.5, 0.6) is 23.0 Å². The van der Waals surface area contributed by atoms with E-state index in [9.17, 15) is 39.6 Å². The summed E-state index contributed by atoms with van der Waals surface area (Å²) in [6.07, 6.45) is -0.897. The maximum absolute atomic E-state index is 14.1. The van der Waals surface area contributed by atoms with Crippen molar-refractivity contribution in [2.24, 2.45) is 10.8 Å². The summed E-state index contributed by atoms with van der Waals surface area (Å²) in [7, 11) is 6.14. The van der Waals surface area contributed by atoms with Crippen LogP contribution in [-0.2, 0) is 54.3 Å². The number of carbonyl (C=O) groups is 4. The quantitative estimate of drug-likeness (QED) is 0.0834. The van der Waals surface area contributed by atoms with Crippen molar-refractivity contribution < 1.29 is 68.0 Å². The predicted octanol–water partition coefficient (Wildman–Crippen LogP) is 6.00. The molecule has 79 heavy (non-hydrogen) atoms. The number of amides is 2. The van der Waals surface area contributed by atoms with Gasteiger partial charge in [0.1, 0.15) is 24.4 Å². The van der Waals surface area contributed by atoms with Gasteiger partial charge in [-0.05, 0) is 48.5 Å². The molecule has 2 aliphatic heterocycles. The normalized spacial score (nSPS) is 17.3. The molecule has 0 spiro atoms. The molecule has 0 aliphatic carbocycles. The zero-order valence-corrected chi connectivity index (χ0v) is 50.3. The summed E-state index contributed by atoms with van der Waals surface area (Å²) in [5.74, 6) is -1.14. The number of ether oxygens (including phenoxy) is 6. The number of carbonyl (C=O) groups excluding carboxylic acids is 4. The second-order valence-electron chi connectivity index (χ2n) is 20.0. The van der Waals surface area contributed by atoms with Crippen molar-refractivity contribution in [3.05, 3.63) is 137 Å². The van der Waals surface area contributed by atoms with Crippen molar-refractivity contribution in [3.63, 3.8) is 0 Å². The molecule has 416 valence electrons. The Morgan fingerprint density at radius 3 is 1.33 bits per heavy atom. The second-order valence-corrected chi connectivity index (χ2v) is 23.3. The van der Waals surface area contributed by atoms with Crippen LogP contribution in [-0.4, -0.2) is 149 Å². The number of aromatic nitrogens is 2. The Morgan fingerprint density at radius 2 is 1.00 bits per heavy atom. The number of fused-ring (bicyclic) bond motifs is 2. The van der Waals surface area contributed by atoms with Crippen molar-refractivity contribution in [2.45, 2.75) is 77.8 Å². The number of aliphatic hydroxyl groups is 2. The van der Waals surface area contributed by atoms with Gasteiger partial charge in [-0.2, -0.15) is 0 Å². The Kier molecular flexibility index (Phi) is 22.0. The van der Waals surface area contributed by atoms with E-state index in [0.29, 0.717) is 86.4 Å². The third kappa shape index (κ3) is 15.3. The van der Waals surface area contributed by atoms with E-state index in [0.717, 1.165) is 0 Å². The van der Waals surface area contributed by atoms with E-state index in [4.69, 9.17) is 51.6 Å². The van der Waals surface area contributed by atoms with E-state index in [1.807, 2.05) is 52.0 Å². The van der Waals surface area contributed by atoms with Crippen LogP contribution in [0.3, 0.4) is 0 Å². The molecule has 23 heteroatoms. The van der Waals surface area contributed by atoms with Gasteiger partial charge in [-0.3, -0.25) is 9.59 Å². The molecule has 4 atom stereocenters. The Hall–Kier alpha value is -5.10. The van der Waals surface area contributed by atoms with Gasteiger partial charge in [0.15, 0.2) is 23.0 Å². The second kappa shape index (κ2) is 27.6. The van der Waals surface area contributed by atoms with Crippen LogP contribution >= 0.6 is 45.9 Å². The van der Waals surface area contributed by atoms with Crippen LogP contribution < -0.4 is 39.0 Å². The molecule has 18 nitrogen and oxygen atoms in total. The van der Waals surface area contributed by atoms with E-state index in [-0.39, 0.29) is 102 Å². The minimum Gasteiger partial charge on any atom is -0.550 e. The van der Waals surface area contributed by atoms with Gasteiger partial charge >= 0.3 is 37.7 Å². The SMILES string of the molecule is COc1cccc([C@H]2O[C@H](Cc3ncc(CC(=O)[O-])s3)C(=O)N(CC(C)(C)CO)c3ccc(Cl)cc32)c1OC.COc1cccc([C@H]2O[C@H](Cc3ncc(CC(=O)[O-])s3)C(=O)N(CC(C)(C)CO)c3ccc(Cl)cc32)c1OC.[Ca+2]. The van der Waals surface area contributed by atoms with Crippen molar-refractivity contribution >= 4 is 119 Å². The monoisotopic (exact) mass is 1190 g/mol. The van der Waals surface area contributed by atoms with Crippen molar-refractivity contribution in [2.75, 3.05) is 64.5 Å². The number of anilines is 2. The third-order valence-corrected chi connectivity index (χ3v) is 15.3. The predicted molar refractivity (Wildman–Crippen MR) is 297 cm³/mol. The molecule has 2 aromatic heterocycles. The summed E-state index contributed by atoms with van der Waals surface area (Å²) < 4.78 is 35.6. The summed E-state index contributed by atoms with van der Waals surface area (Å²) in [5, 5.41) is 44.2. The van der Waals surface area contributed by atoms with Gasteiger partial charge in [0.05, 0.1) is 38.5 Å². The molecule has 8 rings (SSSR count). The number of rotatable bonds is 20. The Morgan fingerprint density at radius 1 is 0.620 bits per heavy atom. The molecule has 6 aromatic rings. The molecule has 2 aliphatic rings. The Balaban J connectivity index is 0.000000252. The average Bonchev–Trinajstić information content (AvgIpc) is 4.02. The minimum absolute atomic E-state index is 0. The molecule has 0 unspecified atom stereocenters. The van der Waals surface area contributed by atoms with Crippen LogP contribution in [0.25, 0.3) is 0 Å². The molecule has 0 saturated heterocycles. The van der Waals surface area contributed by atoms with Gasteiger partial charge in [0, 0.05) is 141 Å². The zero-order valence-electron chi connectivity index (χ0n) is 44.9. The summed E-state index contributed by atoms with van der Waals surface area (Å²) >= 11 is 15.3. The molecule has 2 amide bonds. The van der Waals surface area contributed by atoms with Gasteiger partial charge in [-0.15, -0.1) is 22.7 Å². The first-order valence-corrected chi connectivity index (χ1v) is 26.9. The standard InChI is InChI=1S/2C28H31ClN2O7S.Ca/c2*1-28(2,15-32)14-31-20-9-8-16(29)10-19(20)25(18-6-5-7-21(36-3)26(18)37-4)38-22(27(31)35)12-23-30-13-17(39-23)11-24(33)34;/h2*5-10,13,22,25,32H,11-12,14-15H2,1-4H3,(H,33,34);/q;;+2/p-2/t2*22-,25-;/m11./s1. The third-order valence-electron chi connectivity index (χ3n) is 12.8. The molecule has 4 heterocycles. The molecule has 0 fully saturated rings. The average molecular weight is 1190 g/mol. The smallest absolute Gasteiger partial charge is 0.550 e. The van der Waals surface area contributed by atoms with Crippen LogP contribution in [0.4, 0.5) is 11.4 Å². The molecule has 0 bridgehead atoms. The number of methoxy groups -OCH3 is 4. The van der Waals surface area contributed by atoms with Crippen LogP contribution in [0.15, 0.2) is 85.2 Å². The molecular weight excluding hydrogens is 1130 g/mol. The summed E-state index contributed by atoms with van der Waals surface area (Å²) in [6, 6.07) is 21.3. The topological polar surface area (TPSA) is 242 Å². The van der Waals surface area contributed by atoms with Gasteiger partial charge < -0.3 is 68.2 Å². The number of carboxylic acids is 2. The number of aliphatic hydroxyl groups excluding tert-OH is 2. The number of hydrogen-bond donors (Lipinski definition) is 2. The summed E-state index contributed by atoms with van der Waals surface area (Å²) in [6.45, 7) is 7.62. The van der Waals surface area contributed by atoms with Gasteiger partial charge in [-0.25, -0.2) is 9.97 Å². The van der Waals surface area contributed by atoms with Crippen LogP contribution in [0.2, 0.25) is 10.0 Å². The number of hydrogen-bond acceptors (Lipinski definition) is 18. The first kappa shape index (κ1) is 63.1. The van der Waals surface area contributed by atoms with E-state index in [1.165, 1.54) is 63.5 Å². The summed E-state index contributed by atoms with van der Waals surface area (Å²) in [4.78, 5) is 63.3. The number of nitrogens with zero attached hydrogens (tertiary/aromatic N) is 4. The maximum atomic E-state index is 14.1. The maximum Gasteiger partial charge on any atom is 2.00 e. The molecule has 0 saturated carbocycles. The number of thiazole rings is 2. The fourth-order valence-corrected chi connectivity index (χ4v) is 11.3. The van der Waals surface area contributed by atoms with Crippen molar-refractivity contribution in [1.82, 2.24) is 9.97 Å². The minimum atomic E-state index is -1.21. The van der Waals surface area contributed by atoms with Gasteiger partial charge in [0.2, 0.25) is 0 Å². The number of halogens is 2. The van der Waals surface area contributed by atoms with Crippen molar-refractivity contribution in [1.29, 1.82) is 0 Å². The van der Waals surface area contributed by atoms with E-state index in [2.05, 4.69) is 9.97 Å². The largest absolute Gasteiger partial charge is 2.00 e. The summed E-state index contributed by atoms with van der Waals surface area (Å²) in [5.41, 5.74) is 2.53. The number of carboxylic acid groups (broad SMARTS) is 2. The number of aliphatic carboxylic acids is 2. The van der Waals surface area contributed by atoms with E-state index < -0.39 is 47.2 Å². The molecule has 4 aromatic carbocycles. The molecule has 2 N–H and O–H groups in total. The Labute approximate surface area is 506 Å². The Bertz CT molecular complexity index is 2930. The van der Waals surface area contributed by atoms with E-state index >= 15 is 0 Å². The molecule has 0 radical (unpaired) electrons. The zero-order chi connectivity index (χ0) is 56.6. The van der Waals surface area contributed by atoms with E-state index in [1.54, 1.807) is 58.3 Å². The first-order chi connectivity index (χ1) is 37.1. The van der Waals surface area contributed by atoms with Gasteiger partial charge in [-0.1, -0.05) is 75.2 Å². The first-order valence-electron chi connectivity index (χ1n) is 24.6. The number of benzene rings is 4. The van der Waals surface area contributed by atoms with Crippen LogP contribution in [0, 0.1) is 10.8 Å². The molecular formula is C56H60CaCl2N4O14S2. The van der Waals surface area contributed by atoms with Crippen LogP contribution in [0.1, 0.15) is 81.9 Å². The fraction of sp³-hybridized carbons (Fsp3) is 0.393. The van der Waals surface area contributed by atoms with Crippen molar-refractivity contribution in [3.8, 4) is 23.0 Å². The van der Waals surface area contributed by atoms with Gasteiger partial charge in [0.25, 0.3) is 11.8 Å². The fourth-order valence-electron chi connectivity index (χ4n) is 9.06.